The van der Waals surface area contributed by atoms with Crippen LogP contribution < -0.4 is 10.6 Å². The number of guanidine groups is 1. The molecule has 0 amide bonds. The van der Waals surface area contributed by atoms with E-state index in [1.807, 2.05) is 7.05 Å². The maximum atomic E-state index is 5.84. The summed E-state index contributed by atoms with van der Waals surface area (Å²) in [7, 11) is 1.83. The Labute approximate surface area is 147 Å². The standard InChI is InChI=1S/C18H36N4O2/c1-15(2)12-16(22-7-10-23-11-8-22)13-20-17(19-4)21-14-18(3)6-5-9-24-18/h15-16H,5-14H2,1-4H3,(H2,19,20,21). The van der Waals surface area contributed by atoms with E-state index in [-0.39, 0.29) is 5.60 Å². The van der Waals surface area contributed by atoms with Gasteiger partial charge >= 0.3 is 0 Å². The summed E-state index contributed by atoms with van der Waals surface area (Å²) >= 11 is 0. The summed E-state index contributed by atoms with van der Waals surface area (Å²) in [4.78, 5) is 6.92. The van der Waals surface area contributed by atoms with Crippen molar-refractivity contribution in [2.45, 2.75) is 51.7 Å². The van der Waals surface area contributed by atoms with E-state index in [1.165, 1.54) is 6.42 Å². The van der Waals surface area contributed by atoms with Gasteiger partial charge < -0.3 is 20.1 Å². The van der Waals surface area contributed by atoms with Crippen LogP contribution in [-0.4, -0.2) is 75.5 Å². The Morgan fingerprint density at radius 3 is 2.54 bits per heavy atom. The van der Waals surface area contributed by atoms with Crippen LogP contribution >= 0.6 is 0 Å². The summed E-state index contributed by atoms with van der Waals surface area (Å²) in [6.07, 6.45) is 3.45. The summed E-state index contributed by atoms with van der Waals surface area (Å²) < 4.78 is 11.3. The molecule has 2 N–H and O–H groups in total. The first-order valence-electron chi connectivity index (χ1n) is 9.43. The average molecular weight is 341 g/mol. The van der Waals surface area contributed by atoms with E-state index >= 15 is 0 Å². The molecule has 0 saturated carbocycles. The Morgan fingerprint density at radius 2 is 1.96 bits per heavy atom. The van der Waals surface area contributed by atoms with Gasteiger partial charge in [0, 0.05) is 45.9 Å². The summed E-state index contributed by atoms with van der Waals surface area (Å²) in [6.45, 7) is 13.1. The minimum absolute atomic E-state index is 0.0564. The van der Waals surface area contributed by atoms with Crippen LogP contribution in [0.4, 0.5) is 0 Å². The van der Waals surface area contributed by atoms with E-state index in [1.54, 1.807) is 0 Å². The van der Waals surface area contributed by atoms with Crippen molar-refractivity contribution in [3.8, 4) is 0 Å². The lowest BCUT2D eigenvalue weighted by Gasteiger charge is -2.36. The molecule has 2 unspecified atom stereocenters. The Hall–Kier alpha value is -0.850. The zero-order chi connectivity index (χ0) is 17.4. The van der Waals surface area contributed by atoms with Crippen molar-refractivity contribution >= 4 is 5.96 Å². The third kappa shape index (κ3) is 6.22. The molecule has 2 fully saturated rings. The Morgan fingerprint density at radius 1 is 1.21 bits per heavy atom. The molecule has 0 aromatic rings. The molecule has 0 radical (unpaired) electrons. The lowest BCUT2D eigenvalue weighted by molar-refractivity contribution is 0.0130. The van der Waals surface area contributed by atoms with Crippen molar-refractivity contribution in [3.05, 3.63) is 0 Å². The first-order chi connectivity index (χ1) is 11.5. The van der Waals surface area contributed by atoms with E-state index in [4.69, 9.17) is 9.47 Å². The van der Waals surface area contributed by atoms with Crippen LogP contribution in [0.15, 0.2) is 4.99 Å². The van der Waals surface area contributed by atoms with Crippen LogP contribution in [0.5, 0.6) is 0 Å². The maximum absolute atomic E-state index is 5.84. The SMILES string of the molecule is CN=C(NCC(CC(C)C)N1CCOCC1)NCC1(C)CCCO1. The fourth-order valence-corrected chi connectivity index (χ4v) is 3.53. The van der Waals surface area contributed by atoms with Crippen LogP contribution in [0.25, 0.3) is 0 Å². The highest BCUT2D eigenvalue weighted by atomic mass is 16.5. The number of aliphatic imine (C=N–C) groups is 1. The molecular weight excluding hydrogens is 304 g/mol. The number of ether oxygens (including phenoxy) is 2. The van der Waals surface area contributed by atoms with Gasteiger partial charge in [0.2, 0.25) is 0 Å². The van der Waals surface area contributed by atoms with Crippen LogP contribution in [0, 0.1) is 5.92 Å². The van der Waals surface area contributed by atoms with Crippen molar-refractivity contribution in [3.63, 3.8) is 0 Å². The highest BCUT2D eigenvalue weighted by Crippen LogP contribution is 2.23. The van der Waals surface area contributed by atoms with Crippen molar-refractivity contribution < 1.29 is 9.47 Å². The van der Waals surface area contributed by atoms with E-state index in [0.29, 0.717) is 12.0 Å². The zero-order valence-corrected chi connectivity index (χ0v) is 15.9. The summed E-state index contributed by atoms with van der Waals surface area (Å²) in [5.41, 5.74) is -0.0564. The lowest BCUT2D eigenvalue weighted by atomic mass is 10.0. The van der Waals surface area contributed by atoms with Gasteiger partial charge in [0.1, 0.15) is 0 Å². The largest absolute Gasteiger partial charge is 0.379 e. The lowest BCUT2D eigenvalue weighted by Crippen LogP contribution is -2.52. The molecule has 2 atom stereocenters. The van der Waals surface area contributed by atoms with E-state index < -0.39 is 0 Å². The average Bonchev–Trinajstić information content (AvgIpc) is 3.01. The number of hydrogen-bond acceptors (Lipinski definition) is 4. The highest BCUT2D eigenvalue weighted by Gasteiger charge is 2.30. The molecule has 2 saturated heterocycles. The molecule has 2 aliphatic rings. The van der Waals surface area contributed by atoms with Gasteiger partial charge in [0.15, 0.2) is 5.96 Å². The van der Waals surface area contributed by atoms with Crippen LogP contribution in [-0.2, 0) is 9.47 Å². The Balaban J connectivity index is 1.81. The first-order valence-corrected chi connectivity index (χ1v) is 9.43. The van der Waals surface area contributed by atoms with Gasteiger partial charge in [-0.1, -0.05) is 13.8 Å². The molecule has 140 valence electrons. The summed E-state index contributed by atoms with van der Waals surface area (Å²) in [5, 5.41) is 6.95. The molecule has 2 aliphatic heterocycles. The van der Waals surface area contributed by atoms with Gasteiger partial charge in [-0.15, -0.1) is 0 Å². The number of rotatable bonds is 7. The summed E-state index contributed by atoms with van der Waals surface area (Å²) in [5.74, 6) is 1.55. The van der Waals surface area contributed by atoms with Crippen LogP contribution in [0.1, 0.15) is 40.0 Å². The second-order valence-corrected chi connectivity index (χ2v) is 7.64. The molecule has 0 aromatic heterocycles. The maximum Gasteiger partial charge on any atom is 0.191 e. The molecule has 0 spiro atoms. The first kappa shape index (κ1) is 19.5. The third-order valence-corrected chi connectivity index (χ3v) is 4.96. The van der Waals surface area contributed by atoms with Gasteiger partial charge in [0.25, 0.3) is 0 Å². The van der Waals surface area contributed by atoms with Gasteiger partial charge in [-0.2, -0.15) is 0 Å². The quantitative estimate of drug-likeness (QED) is 0.543. The zero-order valence-electron chi connectivity index (χ0n) is 15.9. The fourth-order valence-electron chi connectivity index (χ4n) is 3.53. The minimum Gasteiger partial charge on any atom is -0.379 e. The minimum atomic E-state index is -0.0564. The van der Waals surface area contributed by atoms with Gasteiger partial charge in [-0.3, -0.25) is 9.89 Å². The topological polar surface area (TPSA) is 58.1 Å². The molecule has 0 bridgehead atoms. The molecule has 24 heavy (non-hydrogen) atoms. The van der Waals surface area contributed by atoms with E-state index in [0.717, 1.165) is 64.8 Å². The van der Waals surface area contributed by atoms with E-state index in [2.05, 4.69) is 41.3 Å². The summed E-state index contributed by atoms with van der Waals surface area (Å²) in [6, 6.07) is 0.519. The molecule has 6 heteroatoms. The Kier molecular flexibility index (Phi) is 7.78. The number of nitrogens with one attached hydrogen (secondary N) is 2. The number of hydrogen-bond donors (Lipinski definition) is 2. The van der Waals surface area contributed by atoms with Crippen molar-refractivity contribution in [2.75, 3.05) is 53.0 Å². The monoisotopic (exact) mass is 340 g/mol. The molecule has 0 aliphatic carbocycles. The molecule has 2 rings (SSSR count). The molecular formula is C18H36N4O2. The number of morpholine rings is 1. The van der Waals surface area contributed by atoms with Crippen molar-refractivity contribution in [2.24, 2.45) is 10.9 Å². The third-order valence-electron chi connectivity index (χ3n) is 4.96. The predicted molar refractivity (Wildman–Crippen MR) is 98.6 cm³/mol. The molecule has 6 nitrogen and oxygen atoms in total. The second-order valence-electron chi connectivity index (χ2n) is 7.64. The molecule has 0 aromatic carbocycles. The van der Waals surface area contributed by atoms with Gasteiger partial charge in [-0.25, -0.2) is 0 Å². The molecule has 2 heterocycles. The second kappa shape index (κ2) is 9.59. The van der Waals surface area contributed by atoms with Crippen LogP contribution in [0.2, 0.25) is 0 Å². The normalized spacial score (nSPS) is 27.5. The van der Waals surface area contributed by atoms with E-state index in [9.17, 15) is 0 Å². The van der Waals surface area contributed by atoms with Crippen molar-refractivity contribution in [1.82, 2.24) is 15.5 Å². The smallest absolute Gasteiger partial charge is 0.191 e. The Bertz CT molecular complexity index is 388. The predicted octanol–water partition coefficient (Wildman–Crippen LogP) is 1.47. The highest BCUT2D eigenvalue weighted by molar-refractivity contribution is 5.79. The fraction of sp³-hybridized carbons (Fsp3) is 0.944. The van der Waals surface area contributed by atoms with Gasteiger partial charge in [0.05, 0.1) is 18.8 Å². The van der Waals surface area contributed by atoms with Gasteiger partial charge in [-0.05, 0) is 32.1 Å². The van der Waals surface area contributed by atoms with Crippen molar-refractivity contribution in [1.29, 1.82) is 0 Å². The van der Waals surface area contributed by atoms with Crippen LogP contribution in [0.3, 0.4) is 0 Å². The number of nitrogens with zero attached hydrogens (tertiary/aromatic N) is 2.